The summed E-state index contributed by atoms with van der Waals surface area (Å²) in [6.07, 6.45) is 0. The largest absolute Gasteiger partial charge is 0.277 e. The van der Waals surface area contributed by atoms with Crippen LogP contribution in [0, 0.1) is 10.1 Å². The first kappa shape index (κ1) is 16.4. The average Bonchev–Trinajstić information content (AvgIpc) is 2.70. The number of hydrogen-bond donors (Lipinski definition) is 0. The summed E-state index contributed by atoms with van der Waals surface area (Å²) >= 11 is 3.49. The molecule has 0 saturated heterocycles. The first-order chi connectivity index (χ1) is 13.2. The first-order valence-electron chi connectivity index (χ1n) is 8.45. The molecule has 27 heavy (non-hydrogen) atoms. The number of nitrogens with zero attached hydrogens (tertiary/aromatic N) is 1. The predicted molar refractivity (Wildman–Crippen MR) is 111 cm³/mol. The number of rotatable bonds is 2. The summed E-state index contributed by atoms with van der Waals surface area (Å²) < 4.78 is 0. The minimum atomic E-state index is -0.321. The van der Waals surface area contributed by atoms with Crippen molar-refractivity contribution >= 4 is 40.0 Å². The van der Waals surface area contributed by atoms with E-state index in [1.807, 2.05) is 18.2 Å². The van der Waals surface area contributed by atoms with Gasteiger partial charge in [0.1, 0.15) is 0 Å². The van der Waals surface area contributed by atoms with Gasteiger partial charge >= 0.3 is 0 Å². The van der Waals surface area contributed by atoms with Gasteiger partial charge in [0.15, 0.2) is 0 Å². The van der Waals surface area contributed by atoms with Gasteiger partial charge < -0.3 is 0 Å². The summed E-state index contributed by atoms with van der Waals surface area (Å²) in [5.41, 5.74) is 1.66. The van der Waals surface area contributed by atoms with Gasteiger partial charge in [-0.2, -0.15) is 0 Å². The standard InChI is InChI=1S/C22H13NO2S2/c24-23(25)18-8-4-3-7-17(18)16-9-10-19-20(13-16)27-22-12-15-6-2-1-5-14(15)11-21(22)26-19/h1-13H. The SMILES string of the molecule is O=[N+]([O-])c1ccccc1-c1ccc2c(c1)Sc1cc3ccccc3cc1S2. The summed E-state index contributed by atoms with van der Waals surface area (Å²) in [5.74, 6) is 0. The Balaban J connectivity index is 1.59. The van der Waals surface area contributed by atoms with Crippen molar-refractivity contribution in [2.75, 3.05) is 0 Å². The summed E-state index contributed by atoms with van der Waals surface area (Å²) in [6, 6.07) is 25.8. The van der Waals surface area contributed by atoms with Crippen LogP contribution in [0.5, 0.6) is 0 Å². The highest BCUT2D eigenvalue weighted by molar-refractivity contribution is 8.05. The zero-order valence-corrected chi connectivity index (χ0v) is 15.7. The molecule has 130 valence electrons. The molecule has 5 heteroatoms. The molecule has 0 radical (unpaired) electrons. The fraction of sp³-hybridized carbons (Fsp3) is 0. The van der Waals surface area contributed by atoms with E-state index in [1.165, 1.54) is 25.5 Å². The minimum absolute atomic E-state index is 0.136. The number of nitro groups is 1. The van der Waals surface area contributed by atoms with E-state index in [2.05, 4.69) is 48.5 Å². The Labute approximate surface area is 164 Å². The lowest BCUT2D eigenvalue weighted by atomic mass is 10.0. The molecule has 0 aliphatic carbocycles. The van der Waals surface area contributed by atoms with Crippen LogP contribution in [0.2, 0.25) is 0 Å². The molecule has 1 aliphatic rings. The van der Waals surface area contributed by atoms with Crippen LogP contribution in [0.1, 0.15) is 0 Å². The molecule has 4 aromatic carbocycles. The average molecular weight is 387 g/mol. The molecule has 0 amide bonds. The maximum Gasteiger partial charge on any atom is 0.277 e. The van der Waals surface area contributed by atoms with Gasteiger partial charge in [-0.05, 0) is 46.7 Å². The zero-order valence-electron chi connectivity index (χ0n) is 14.1. The summed E-state index contributed by atoms with van der Waals surface area (Å²) in [5, 5.41) is 13.8. The maximum absolute atomic E-state index is 11.4. The number of benzene rings is 4. The van der Waals surface area contributed by atoms with Crippen molar-refractivity contribution < 1.29 is 4.92 Å². The third-order valence-electron chi connectivity index (χ3n) is 4.61. The Hall–Kier alpha value is -2.76. The van der Waals surface area contributed by atoms with Gasteiger partial charge in [0.05, 0.1) is 10.5 Å². The van der Waals surface area contributed by atoms with Crippen LogP contribution in [0.25, 0.3) is 21.9 Å². The molecule has 0 fully saturated rings. The lowest BCUT2D eigenvalue weighted by Crippen LogP contribution is -1.94. The fourth-order valence-corrected chi connectivity index (χ4v) is 5.63. The highest BCUT2D eigenvalue weighted by atomic mass is 32.2. The van der Waals surface area contributed by atoms with Gasteiger partial charge in [0.2, 0.25) is 0 Å². The van der Waals surface area contributed by atoms with Crippen LogP contribution >= 0.6 is 23.5 Å². The monoisotopic (exact) mass is 387 g/mol. The Morgan fingerprint density at radius 2 is 1.26 bits per heavy atom. The molecule has 0 N–H and O–H groups in total. The number of nitro benzene ring substituents is 1. The highest BCUT2D eigenvalue weighted by Gasteiger charge is 2.20. The van der Waals surface area contributed by atoms with Crippen LogP contribution < -0.4 is 0 Å². The van der Waals surface area contributed by atoms with E-state index in [9.17, 15) is 10.1 Å². The van der Waals surface area contributed by atoms with Crippen LogP contribution in [-0.2, 0) is 0 Å². The van der Waals surface area contributed by atoms with E-state index in [-0.39, 0.29) is 10.6 Å². The van der Waals surface area contributed by atoms with Crippen molar-refractivity contribution in [1.82, 2.24) is 0 Å². The number of para-hydroxylation sites is 1. The van der Waals surface area contributed by atoms with Crippen LogP contribution in [0.4, 0.5) is 5.69 Å². The predicted octanol–water partition coefficient (Wildman–Crippen LogP) is 7.03. The van der Waals surface area contributed by atoms with Crippen molar-refractivity contribution in [3.8, 4) is 11.1 Å². The van der Waals surface area contributed by atoms with E-state index in [0.717, 1.165) is 10.5 Å². The van der Waals surface area contributed by atoms with Crippen molar-refractivity contribution in [3.63, 3.8) is 0 Å². The van der Waals surface area contributed by atoms with E-state index in [1.54, 1.807) is 35.7 Å². The summed E-state index contributed by atoms with van der Waals surface area (Å²) in [4.78, 5) is 15.9. The van der Waals surface area contributed by atoms with Crippen LogP contribution in [0.15, 0.2) is 98.4 Å². The molecule has 0 aromatic heterocycles. The molecule has 3 nitrogen and oxygen atoms in total. The van der Waals surface area contributed by atoms with Gasteiger partial charge in [-0.25, -0.2) is 0 Å². The smallest absolute Gasteiger partial charge is 0.258 e. The second-order valence-electron chi connectivity index (χ2n) is 6.29. The van der Waals surface area contributed by atoms with Crippen LogP contribution in [0.3, 0.4) is 0 Å². The van der Waals surface area contributed by atoms with Gasteiger partial charge in [0, 0.05) is 25.6 Å². The van der Waals surface area contributed by atoms with Crippen LogP contribution in [-0.4, -0.2) is 4.92 Å². The fourth-order valence-electron chi connectivity index (χ4n) is 3.31. The van der Waals surface area contributed by atoms with E-state index >= 15 is 0 Å². The topological polar surface area (TPSA) is 43.1 Å². The molecule has 5 rings (SSSR count). The van der Waals surface area contributed by atoms with E-state index < -0.39 is 0 Å². The quantitative estimate of drug-likeness (QED) is 0.241. The second-order valence-corrected chi connectivity index (χ2v) is 8.45. The Morgan fingerprint density at radius 1 is 0.667 bits per heavy atom. The van der Waals surface area contributed by atoms with Crippen molar-refractivity contribution in [2.24, 2.45) is 0 Å². The molecular weight excluding hydrogens is 374 g/mol. The first-order valence-corrected chi connectivity index (χ1v) is 10.1. The molecule has 0 saturated carbocycles. The Morgan fingerprint density at radius 3 is 1.96 bits per heavy atom. The summed E-state index contributed by atoms with van der Waals surface area (Å²) in [7, 11) is 0. The van der Waals surface area contributed by atoms with Gasteiger partial charge in [0.25, 0.3) is 5.69 Å². The van der Waals surface area contributed by atoms with Gasteiger partial charge in [-0.1, -0.05) is 66.0 Å². The highest BCUT2D eigenvalue weighted by Crippen LogP contribution is 2.50. The number of hydrogen-bond acceptors (Lipinski definition) is 4. The van der Waals surface area contributed by atoms with Crippen molar-refractivity contribution in [1.29, 1.82) is 0 Å². The normalized spacial score (nSPS) is 12.4. The number of fused-ring (bicyclic) bond motifs is 3. The zero-order chi connectivity index (χ0) is 18.4. The lowest BCUT2D eigenvalue weighted by molar-refractivity contribution is -0.384. The minimum Gasteiger partial charge on any atom is -0.258 e. The molecule has 1 heterocycles. The third kappa shape index (κ3) is 2.89. The maximum atomic E-state index is 11.4. The lowest BCUT2D eigenvalue weighted by Gasteiger charge is -2.20. The second kappa shape index (κ2) is 6.44. The van der Waals surface area contributed by atoms with Crippen molar-refractivity contribution in [2.45, 2.75) is 19.6 Å². The van der Waals surface area contributed by atoms with Crippen molar-refractivity contribution in [3.05, 3.63) is 89.0 Å². The van der Waals surface area contributed by atoms with E-state index in [0.29, 0.717) is 5.56 Å². The molecule has 4 aromatic rings. The molecule has 0 spiro atoms. The van der Waals surface area contributed by atoms with Gasteiger partial charge in [-0.3, -0.25) is 10.1 Å². The Bertz CT molecular complexity index is 1220. The third-order valence-corrected chi connectivity index (χ3v) is 7.11. The van der Waals surface area contributed by atoms with Gasteiger partial charge in [-0.15, -0.1) is 0 Å². The summed E-state index contributed by atoms with van der Waals surface area (Å²) in [6.45, 7) is 0. The van der Waals surface area contributed by atoms with E-state index in [4.69, 9.17) is 0 Å². The molecule has 0 unspecified atom stereocenters. The molecule has 1 aliphatic heterocycles. The Kier molecular flexibility index (Phi) is 3.92. The molecule has 0 bridgehead atoms. The molecular formula is C22H13NO2S2. The molecule has 0 atom stereocenters.